The second-order valence-corrected chi connectivity index (χ2v) is 12.1. The van der Waals surface area contributed by atoms with Crippen LogP contribution in [0.25, 0.3) is 0 Å². The van der Waals surface area contributed by atoms with Crippen LogP contribution in [0.1, 0.15) is 66.2 Å². The summed E-state index contributed by atoms with van der Waals surface area (Å²) in [5, 5.41) is 28.9. The summed E-state index contributed by atoms with van der Waals surface area (Å²) in [5.74, 6) is -0.822. The molecule has 0 amide bonds. The van der Waals surface area contributed by atoms with E-state index in [9.17, 15) is 19.8 Å². The molecule has 0 aromatic rings. The summed E-state index contributed by atoms with van der Waals surface area (Å²) in [6.07, 6.45) is 21.0. The highest BCUT2D eigenvalue weighted by atomic mass is 16.6. The van der Waals surface area contributed by atoms with Crippen molar-refractivity contribution in [3.05, 3.63) is 72.4 Å². The smallest absolute Gasteiger partial charge is 0.332 e. The molecule has 2 saturated heterocycles. The lowest BCUT2D eigenvalue weighted by Gasteiger charge is -2.47. The van der Waals surface area contributed by atoms with Gasteiger partial charge in [0, 0.05) is 18.9 Å². The Labute approximate surface area is 250 Å². The summed E-state index contributed by atoms with van der Waals surface area (Å²) in [6.45, 7) is 8.17. The lowest BCUT2D eigenvalue weighted by atomic mass is 9.73. The number of hydrogen-bond donors (Lipinski definition) is 3. The minimum absolute atomic E-state index is 0.0380. The van der Waals surface area contributed by atoms with Gasteiger partial charge in [0.05, 0.1) is 36.4 Å². The van der Waals surface area contributed by atoms with Crippen LogP contribution in [0.3, 0.4) is 0 Å². The highest BCUT2D eigenvalue weighted by molar-refractivity contribution is 5.82. The summed E-state index contributed by atoms with van der Waals surface area (Å²) >= 11 is 0. The molecule has 0 aromatic carbocycles. The molecule has 3 aliphatic heterocycles. The number of allylic oxidation sites excluding steroid dienone is 6. The lowest BCUT2D eigenvalue weighted by Crippen LogP contribution is -2.55. The van der Waals surface area contributed by atoms with Crippen molar-refractivity contribution in [1.82, 2.24) is 0 Å². The van der Waals surface area contributed by atoms with Crippen LogP contribution in [0.15, 0.2) is 72.4 Å². The van der Waals surface area contributed by atoms with Crippen LogP contribution in [0, 0.1) is 17.3 Å². The maximum atomic E-state index is 12.8. The van der Waals surface area contributed by atoms with E-state index >= 15 is 0 Å². The monoisotopic (exact) mass is 584 g/mol. The second kappa shape index (κ2) is 16.2. The average molecular weight is 585 g/mol. The van der Waals surface area contributed by atoms with Crippen molar-refractivity contribution in [3.8, 4) is 0 Å². The first-order chi connectivity index (χ1) is 20.0. The average Bonchev–Trinajstić information content (AvgIpc) is 2.94. The van der Waals surface area contributed by atoms with E-state index in [1.165, 1.54) is 6.08 Å². The molecular formula is C34H48O8. The Morgan fingerprint density at radius 2 is 1.90 bits per heavy atom. The predicted molar refractivity (Wildman–Crippen MR) is 162 cm³/mol. The quantitative estimate of drug-likeness (QED) is 0.287. The summed E-state index contributed by atoms with van der Waals surface area (Å²) in [6, 6.07) is 0. The van der Waals surface area contributed by atoms with Crippen LogP contribution in [-0.2, 0) is 23.8 Å². The SMILES string of the molecule is CC1=C/[C@H]2O[C@@H](C/C=C/C=C/C(=O)O[C@@H]3C[C@@H](/C=C/C\C=C\1)O[C@@H](C/C=C\C[C@H](O)C(=O)O)[C@]3(C)CO)C[C@H](C)[C@H]2C. The number of hydrogen-bond acceptors (Lipinski definition) is 7. The highest BCUT2D eigenvalue weighted by Gasteiger charge is 2.49. The van der Waals surface area contributed by atoms with Crippen LogP contribution in [0.4, 0.5) is 0 Å². The fraction of sp³-hybridized carbons (Fsp3) is 0.588. The Morgan fingerprint density at radius 1 is 1.12 bits per heavy atom. The molecule has 9 atom stereocenters. The maximum absolute atomic E-state index is 12.8. The third-order valence-electron chi connectivity index (χ3n) is 8.73. The minimum atomic E-state index is -1.48. The molecule has 0 unspecified atom stereocenters. The van der Waals surface area contributed by atoms with Gasteiger partial charge in [-0.25, -0.2) is 9.59 Å². The molecule has 0 spiro atoms. The molecule has 8 heteroatoms. The molecule has 4 bridgehead atoms. The minimum Gasteiger partial charge on any atom is -0.479 e. The number of esters is 1. The lowest BCUT2D eigenvalue weighted by molar-refractivity contribution is -0.198. The zero-order valence-corrected chi connectivity index (χ0v) is 25.3. The van der Waals surface area contributed by atoms with E-state index < -0.39 is 35.7 Å². The molecule has 3 heterocycles. The van der Waals surface area contributed by atoms with E-state index in [-0.39, 0.29) is 31.3 Å². The molecule has 3 aliphatic rings. The van der Waals surface area contributed by atoms with Crippen LogP contribution < -0.4 is 0 Å². The van der Waals surface area contributed by atoms with Crippen LogP contribution >= 0.6 is 0 Å². The van der Waals surface area contributed by atoms with Crippen LogP contribution in [0.5, 0.6) is 0 Å². The number of ether oxygens (including phenoxy) is 3. The van der Waals surface area contributed by atoms with Gasteiger partial charge in [-0.05, 0) is 44.4 Å². The Balaban J connectivity index is 1.82. The third kappa shape index (κ3) is 9.63. The van der Waals surface area contributed by atoms with E-state index in [0.717, 1.165) is 18.4 Å². The number of carbonyl (C=O) groups is 2. The summed E-state index contributed by atoms with van der Waals surface area (Å²) < 4.78 is 18.7. The summed E-state index contributed by atoms with van der Waals surface area (Å²) in [5.41, 5.74) is 0.265. The molecule has 0 saturated carbocycles. The van der Waals surface area contributed by atoms with Gasteiger partial charge in [-0.2, -0.15) is 0 Å². The number of aliphatic hydroxyl groups is 2. The van der Waals surface area contributed by atoms with Gasteiger partial charge < -0.3 is 29.5 Å². The first-order valence-electron chi connectivity index (χ1n) is 15.1. The third-order valence-corrected chi connectivity index (χ3v) is 8.73. The van der Waals surface area contributed by atoms with E-state index in [0.29, 0.717) is 31.1 Å². The van der Waals surface area contributed by atoms with E-state index in [1.54, 1.807) is 18.2 Å². The van der Waals surface area contributed by atoms with E-state index in [4.69, 9.17) is 19.3 Å². The van der Waals surface area contributed by atoms with Crippen molar-refractivity contribution in [2.45, 2.75) is 103 Å². The number of aliphatic hydroxyl groups excluding tert-OH is 2. The molecule has 0 aliphatic carbocycles. The van der Waals surface area contributed by atoms with Gasteiger partial charge in [0.2, 0.25) is 0 Å². The van der Waals surface area contributed by atoms with Gasteiger partial charge >= 0.3 is 11.9 Å². The van der Waals surface area contributed by atoms with Gasteiger partial charge in [0.25, 0.3) is 0 Å². The van der Waals surface area contributed by atoms with Crippen LogP contribution in [-0.4, -0.2) is 70.5 Å². The Bertz CT molecular complexity index is 1090. The van der Waals surface area contributed by atoms with E-state index in [2.05, 4.69) is 39.0 Å². The van der Waals surface area contributed by atoms with Crippen molar-refractivity contribution < 1.29 is 39.1 Å². The largest absolute Gasteiger partial charge is 0.479 e. The van der Waals surface area contributed by atoms with Crippen molar-refractivity contribution in [1.29, 1.82) is 0 Å². The van der Waals surface area contributed by atoms with Gasteiger partial charge in [0.1, 0.15) is 6.10 Å². The number of carbonyl (C=O) groups excluding carboxylic acids is 1. The number of carboxylic acids is 1. The van der Waals surface area contributed by atoms with Crippen molar-refractivity contribution in [2.75, 3.05) is 6.61 Å². The van der Waals surface area contributed by atoms with Gasteiger partial charge in [-0.3, -0.25) is 0 Å². The molecule has 0 aromatic heterocycles. The summed E-state index contributed by atoms with van der Waals surface area (Å²) in [7, 11) is 0. The number of rotatable bonds is 6. The topological polar surface area (TPSA) is 123 Å². The molecule has 3 N–H and O–H groups in total. The van der Waals surface area contributed by atoms with Gasteiger partial charge in [0.15, 0.2) is 6.10 Å². The summed E-state index contributed by atoms with van der Waals surface area (Å²) in [4.78, 5) is 23.7. The zero-order valence-electron chi connectivity index (χ0n) is 25.3. The number of aliphatic carboxylic acids is 1. The molecule has 3 rings (SSSR count). The fourth-order valence-corrected chi connectivity index (χ4v) is 5.69. The van der Waals surface area contributed by atoms with Crippen molar-refractivity contribution >= 4 is 11.9 Å². The molecule has 8 nitrogen and oxygen atoms in total. The molecular weight excluding hydrogens is 536 g/mol. The number of carboxylic acid groups (broad SMARTS) is 1. The number of fused-ring (bicyclic) bond motifs is 4. The highest BCUT2D eigenvalue weighted by Crippen LogP contribution is 2.41. The maximum Gasteiger partial charge on any atom is 0.332 e. The first kappa shape index (κ1) is 33.7. The normalized spacial score (nSPS) is 39.7. The van der Waals surface area contributed by atoms with Gasteiger partial charge in [-0.15, -0.1) is 0 Å². The first-order valence-corrected chi connectivity index (χ1v) is 15.1. The second-order valence-electron chi connectivity index (χ2n) is 12.1. The Morgan fingerprint density at radius 3 is 2.64 bits per heavy atom. The molecule has 0 radical (unpaired) electrons. The van der Waals surface area contributed by atoms with Crippen molar-refractivity contribution in [2.24, 2.45) is 17.3 Å². The Hall–Kier alpha value is -2.78. The zero-order chi connectivity index (χ0) is 30.7. The molecule has 42 heavy (non-hydrogen) atoms. The predicted octanol–water partition coefficient (Wildman–Crippen LogP) is 5.23. The van der Waals surface area contributed by atoms with E-state index in [1.807, 2.05) is 31.2 Å². The molecule has 232 valence electrons. The standard InChI is InChI=1S/C34H48O8/c1-23-13-7-5-8-15-27-21-31(34(4,22-35)30(41-27)17-12-11-16-28(36)33(38)39)42-32(37)18-10-6-9-14-26-20-24(2)25(3)29(19-23)40-26/h6-13,15,18-19,24-31,35-36H,5,14,16-17,20-22H2,1-4H3,(H,38,39)/b9-6+,12-11-,13-7+,15-8+,18-10+,23-19-/t24-,25+,26-,27+,28-,29+,30-,31+,34-/m0/s1. The van der Waals surface area contributed by atoms with Crippen molar-refractivity contribution in [3.63, 3.8) is 0 Å². The van der Waals surface area contributed by atoms with Crippen LogP contribution in [0.2, 0.25) is 0 Å². The molecule has 2 fully saturated rings. The fourth-order valence-electron chi connectivity index (χ4n) is 5.69. The Kier molecular flexibility index (Phi) is 13.0. The van der Waals surface area contributed by atoms with Gasteiger partial charge in [-0.1, -0.05) is 87.1 Å².